The molecular weight excluding hydrogens is 745 g/mol. The maximum absolute atomic E-state index is 6.23. The van der Waals surface area contributed by atoms with Crippen LogP contribution in [-0.2, 0) is 0 Å². The van der Waals surface area contributed by atoms with Crippen LogP contribution in [0.4, 0.5) is 17.1 Å². The highest BCUT2D eigenvalue weighted by atomic mass is 16.4. The zero-order chi connectivity index (χ0) is 41.1. The molecule has 0 amide bonds. The summed E-state index contributed by atoms with van der Waals surface area (Å²) in [5.41, 5.74) is 17.2. The van der Waals surface area contributed by atoms with Gasteiger partial charge in [-0.2, -0.15) is 0 Å². The number of hydrogen-bond donors (Lipinski definition) is 0. The number of nitrogens with zero attached hydrogens (tertiary/aromatic N) is 6. The molecule has 0 saturated carbocycles. The van der Waals surface area contributed by atoms with Gasteiger partial charge in [-0.15, -0.1) is 0 Å². The quantitative estimate of drug-likeness (QED) is 0.142. The number of rotatable bonds is 9. The van der Waals surface area contributed by atoms with Crippen molar-refractivity contribution in [3.63, 3.8) is 0 Å². The van der Waals surface area contributed by atoms with Crippen LogP contribution in [0.3, 0.4) is 0 Å². The van der Waals surface area contributed by atoms with E-state index in [4.69, 9.17) is 28.2 Å². The highest BCUT2D eigenvalue weighted by Gasteiger charge is 2.15. The molecule has 0 fully saturated rings. The molecule has 60 heavy (non-hydrogen) atoms. The second kappa shape index (κ2) is 14.6. The Bertz CT molecular complexity index is 2820. The molecule has 0 unspecified atom stereocenters. The van der Waals surface area contributed by atoms with E-state index < -0.39 is 0 Å². The van der Waals surface area contributed by atoms with Crippen LogP contribution in [0.25, 0.3) is 101 Å². The molecule has 0 radical (unpaired) electrons. The Labute approximate surface area is 347 Å². The van der Waals surface area contributed by atoms with Crippen LogP contribution in [0.2, 0.25) is 0 Å². The largest absolute Gasteiger partial charge is 0.436 e. The summed E-state index contributed by atoms with van der Waals surface area (Å²) in [6.07, 6.45) is 0. The monoisotopic (exact) mass is 786 g/mol. The first-order valence-corrected chi connectivity index (χ1v) is 19.8. The van der Waals surface area contributed by atoms with Crippen LogP contribution in [-0.4, -0.2) is 57.2 Å². The van der Waals surface area contributed by atoms with Gasteiger partial charge in [0.15, 0.2) is 16.7 Å². The first kappa shape index (κ1) is 36.7. The van der Waals surface area contributed by atoms with Crippen molar-refractivity contribution >= 4 is 50.4 Å². The normalized spacial score (nSPS) is 11.5. The molecule has 0 N–H and O–H groups in total. The lowest BCUT2D eigenvalue weighted by atomic mass is 9.92. The second-order valence-corrected chi connectivity index (χ2v) is 15.7. The maximum Gasteiger partial charge on any atom is 0.227 e. The van der Waals surface area contributed by atoms with Crippen molar-refractivity contribution in [1.82, 2.24) is 15.0 Å². The zero-order valence-corrected chi connectivity index (χ0v) is 34.3. The van der Waals surface area contributed by atoms with Gasteiger partial charge < -0.3 is 28.0 Å². The van der Waals surface area contributed by atoms with Crippen LogP contribution in [0.15, 0.2) is 159 Å². The Morgan fingerprint density at radius 2 is 0.533 bits per heavy atom. The smallest absolute Gasteiger partial charge is 0.227 e. The van der Waals surface area contributed by atoms with E-state index in [0.717, 1.165) is 100 Å². The number of fused-ring (bicyclic) bond motifs is 3. The molecule has 0 atom stereocenters. The van der Waals surface area contributed by atoms with Crippen LogP contribution < -0.4 is 14.7 Å². The number of anilines is 3. The van der Waals surface area contributed by atoms with E-state index in [0.29, 0.717) is 17.7 Å². The zero-order valence-electron chi connectivity index (χ0n) is 34.3. The Morgan fingerprint density at radius 1 is 0.283 bits per heavy atom. The number of oxazole rings is 3. The van der Waals surface area contributed by atoms with Crippen LogP contribution >= 0.6 is 0 Å². The minimum Gasteiger partial charge on any atom is -0.436 e. The lowest BCUT2D eigenvalue weighted by Crippen LogP contribution is -2.07. The molecule has 0 bridgehead atoms. The van der Waals surface area contributed by atoms with Crippen LogP contribution in [0.1, 0.15) is 0 Å². The summed E-state index contributed by atoms with van der Waals surface area (Å²) in [6, 6.07) is 50.2. The van der Waals surface area contributed by atoms with Gasteiger partial charge in [-0.05, 0) is 124 Å². The van der Waals surface area contributed by atoms with Crippen molar-refractivity contribution < 1.29 is 13.3 Å². The molecule has 9 nitrogen and oxygen atoms in total. The van der Waals surface area contributed by atoms with Gasteiger partial charge in [0.1, 0.15) is 16.6 Å². The third kappa shape index (κ3) is 6.90. The van der Waals surface area contributed by atoms with Gasteiger partial charge in [0.05, 0.1) is 0 Å². The van der Waals surface area contributed by atoms with Crippen LogP contribution in [0.5, 0.6) is 0 Å². The summed E-state index contributed by atoms with van der Waals surface area (Å²) in [5.74, 6) is 1.78. The van der Waals surface area contributed by atoms with Crippen molar-refractivity contribution in [3.05, 3.63) is 146 Å². The third-order valence-corrected chi connectivity index (χ3v) is 11.0. The molecule has 0 spiro atoms. The molecule has 0 aliphatic carbocycles. The molecule has 3 aromatic heterocycles. The fourth-order valence-electron chi connectivity index (χ4n) is 7.49. The van der Waals surface area contributed by atoms with Gasteiger partial charge in [-0.3, -0.25) is 0 Å². The van der Waals surface area contributed by atoms with Gasteiger partial charge in [0, 0.05) is 94.2 Å². The van der Waals surface area contributed by atoms with Gasteiger partial charge in [-0.1, -0.05) is 36.4 Å². The van der Waals surface area contributed by atoms with Crippen molar-refractivity contribution in [2.75, 3.05) is 57.0 Å². The molecule has 10 rings (SSSR count). The molecule has 3 heterocycles. The SMILES string of the molecule is CN(C)c1ccc2nc(-c3ccc(-c4cc(-c5ccc(-c6nc7ccc(N(C)C)cc7o6)cc5)cc(-c5ccc(-c6nc7ccc(N(C)C)cc7o6)cc5)c4)cc3)oc2c1. The summed E-state index contributed by atoms with van der Waals surface area (Å²) in [5, 5.41) is 0. The first-order valence-electron chi connectivity index (χ1n) is 19.8. The minimum absolute atomic E-state index is 0.594. The predicted octanol–water partition coefficient (Wildman–Crippen LogP) is 12.3. The molecule has 294 valence electrons. The van der Waals surface area contributed by atoms with E-state index >= 15 is 0 Å². The number of aromatic nitrogens is 3. The highest BCUT2D eigenvalue weighted by Crippen LogP contribution is 2.37. The Balaban J connectivity index is 1.00. The number of benzene rings is 7. The average molecular weight is 787 g/mol. The first-order chi connectivity index (χ1) is 29.1. The van der Waals surface area contributed by atoms with E-state index in [1.165, 1.54) is 0 Å². The molecular formula is C51H42N6O3. The molecule has 7 aromatic carbocycles. The second-order valence-electron chi connectivity index (χ2n) is 15.7. The Hall–Kier alpha value is -7.65. The Morgan fingerprint density at radius 3 is 0.783 bits per heavy atom. The summed E-state index contributed by atoms with van der Waals surface area (Å²) < 4.78 is 18.7. The fraction of sp³-hybridized carbons (Fsp3) is 0.118. The van der Waals surface area contributed by atoms with Crippen molar-refractivity contribution in [2.45, 2.75) is 0 Å². The average Bonchev–Trinajstić information content (AvgIpc) is 4.03. The van der Waals surface area contributed by atoms with Gasteiger partial charge in [-0.25, -0.2) is 15.0 Å². The molecule has 10 aromatic rings. The summed E-state index contributed by atoms with van der Waals surface area (Å²) in [6.45, 7) is 0. The Kier molecular flexibility index (Phi) is 8.94. The summed E-state index contributed by atoms with van der Waals surface area (Å²) >= 11 is 0. The van der Waals surface area contributed by atoms with E-state index in [-0.39, 0.29) is 0 Å². The topological polar surface area (TPSA) is 87.8 Å². The minimum atomic E-state index is 0.594. The maximum atomic E-state index is 6.23. The summed E-state index contributed by atoms with van der Waals surface area (Å²) in [7, 11) is 12.1. The van der Waals surface area contributed by atoms with E-state index in [1.54, 1.807) is 0 Å². The van der Waals surface area contributed by atoms with Crippen molar-refractivity contribution in [2.24, 2.45) is 0 Å². The van der Waals surface area contributed by atoms with E-state index in [2.05, 4.69) is 124 Å². The third-order valence-electron chi connectivity index (χ3n) is 11.0. The standard InChI is InChI=1S/C51H42N6O3/c1-55(2)40-19-22-43-46(28-40)58-49(52-43)34-13-7-31(8-14-34)37-25-38(32-9-15-35(16-10-32)50-53-44-23-20-41(56(3)4)29-47(44)59-50)27-39(26-37)33-11-17-36(18-12-33)51-54-45-24-21-42(57(5)6)30-48(45)60-51/h7-30H,1-6H3. The fourth-order valence-corrected chi connectivity index (χ4v) is 7.49. The van der Waals surface area contributed by atoms with Crippen LogP contribution in [0, 0.1) is 0 Å². The molecule has 0 aliphatic heterocycles. The molecule has 9 heteroatoms. The lowest BCUT2D eigenvalue weighted by molar-refractivity contribution is 0.619. The highest BCUT2D eigenvalue weighted by molar-refractivity contribution is 5.86. The lowest BCUT2D eigenvalue weighted by Gasteiger charge is -2.12. The van der Waals surface area contributed by atoms with E-state index in [1.807, 2.05) is 78.7 Å². The van der Waals surface area contributed by atoms with Gasteiger partial charge in [0.2, 0.25) is 17.7 Å². The summed E-state index contributed by atoms with van der Waals surface area (Å²) in [4.78, 5) is 20.5. The van der Waals surface area contributed by atoms with Crippen molar-refractivity contribution in [1.29, 1.82) is 0 Å². The predicted molar refractivity (Wildman–Crippen MR) is 245 cm³/mol. The van der Waals surface area contributed by atoms with Crippen molar-refractivity contribution in [3.8, 4) is 67.7 Å². The van der Waals surface area contributed by atoms with Gasteiger partial charge >= 0.3 is 0 Å². The molecule has 0 aliphatic rings. The number of hydrogen-bond acceptors (Lipinski definition) is 9. The van der Waals surface area contributed by atoms with E-state index in [9.17, 15) is 0 Å². The van der Waals surface area contributed by atoms with Gasteiger partial charge in [0.25, 0.3) is 0 Å². The molecule has 0 saturated heterocycles.